The Bertz CT molecular complexity index is 416. The van der Waals surface area contributed by atoms with E-state index in [1.807, 2.05) is 24.9 Å². The summed E-state index contributed by atoms with van der Waals surface area (Å²) in [6.45, 7) is 4.33. The molecule has 0 bridgehead atoms. The normalized spacial score (nSPS) is 24.0. The Morgan fingerprint density at radius 3 is 2.50 bits per heavy atom. The van der Waals surface area contributed by atoms with Crippen LogP contribution in [0.25, 0.3) is 0 Å². The number of thiophene rings is 1. The highest BCUT2D eigenvalue weighted by molar-refractivity contribution is 9.11. The first-order valence-corrected chi connectivity index (χ1v) is 8.13. The fraction of sp³-hybridized carbons (Fsp3) is 0.643. The number of rotatable bonds is 2. The molecule has 0 aromatic carbocycles. The van der Waals surface area contributed by atoms with Gasteiger partial charge in [-0.25, -0.2) is 0 Å². The minimum Gasteiger partial charge on any atom is -0.338 e. The van der Waals surface area contributed by atoms with Crippen LogP contribution in [0.15, 0.2) is 9.85 Å². The van der Waals surface area contributed by atoms with Crippen LogP contribution < -0.4 is 0 Å². The van der Waals surface area contributed by atoms with Gasteiger partial charge in [0.05, 0.1) is 8.66 Å². The Hall–Kier alpha value is -0.350. The van der Waals surface area contributed by atoms with Gasteiger partial charge in [0.25, 0.3) is 5.91 Å². The zero-order valence-electron chi connectivity index (χ0n) is 11.2. The maximum absolute atomic E-state index is 12.4. The van der Waals surface area contributed by atoms with Crippen molar-refractivity contribution in [1.29, 1.82) is 0 Å². The van der Waals surface area contributed by atoms with Crippen LogP contribution in [0.4, 0.5) is 0 Å². The van der Waals surface area contributed by atoms with Crippen LogP contribution >= 0.6 is 27.3 Å². The molecule has 1 saturated carbocycles. The van der Waals surface area contributed by atoms with Gasteiger partial charge in [0, 0.05) is 13.1 Å². The van der Waals surface area contributed by atoms with Gasteiger partial charge in [-0.15, -0.1) is 11.3 Å². The standard InChI is InChI=1S/C14H20BrNOS/c1-9-4-6-11(7-5-9)16(3)14(17)12-8-10(2)13(15)18-12/h8-9,11H,4-7H2,1-3H3. The van der Waals surface area contributed by atoms with Crippen molar-refractivity contribution in [3.63, 3.8) is 0 Å². The van der Waals surface area contributed by atoms with Crippen molar-refractivity contribution in [2.75, 3.05) is 7.05 Å². The van der Waals surface area contributed by atoms with E-state index in [1.165, 1.54) is 12.8 Å². The molecule has 1 aromatic heterocycles. The topological polar surface area (TPSA) is 20.3 Å². The number of aryl methyl sites for hydroxylation is 1. The summed E-state index contributed by atoms with van der Waals surface area (Å²) in [5.41, 5.74) is 1.15. The number of carbonyl (C=O) groups excluding carboxylic acids is 1. The third-order valence-electron chi connectivity index (χ3n) is 3.92. The molecule has 1 aromatic rings. The van der Waals surface area contributed by atoms with Crippen LogP contribution in [0.5, 0.6) is 0 Å². The number of nitrogens with zero attached hydrogens (tertiary/aromatic N) is 1. The molecule has 0 aliphatic heterocycles. The van der Waals surface area contributed by atoms with E-state index in [0.717, 1.165) is 33.0 Å². The van der Waals surface area contributed by atoms with Crippen LogP contribution in [-0.4, -0.2) is 23.9 Å². The molecule has 1 amide bonds. The summed E-state index contributed by atoms with van der Waals surface area (Å²) in [7, 11) is 1.95. The second-order valence-electron chi connectivity index (χ2n) is 5.40. The number of carbonyl (C=O) groups is 1. The first kappa shape index (κ1) is 14.1. The van der Waals surface area contributed by atoms with E-state index in [0.29, 0.717) is 6.04 Å². The molecule has 0 spiro atoms. The quantitative estimate of drug-likeness (QED) is 0.783. The van der Waals surface area contributed by atoms with Crippen LogP contribution in [0.1, 0.15) is 47.8 Å². The lowest BCUT2D eigenvalue weighted by molar-refractivity contribution is 0.0684. The maximum atomic E-state index is 12.4. The number of halogens is 1. The fourth-order valence-electron chi connectivity index (χ4n) is 2.53. The lowest BCUT2D eigenvalue weighted by Gasteiger charge is -2.33. The molecule has 1 aliphatic carbocycles. The van der Waals surface area contributed by atoms with E-state index in [4.69, 9.17) is 0 Å². The molecular formula is C14H20BrNOS. The van der Waals surface area contributed by atoms with Crippen molar-refractivity contribution in [1.82, 2.24) is 4.90 Å². The molecule has 18 heavy (non-hydrogen) atoms. The predicted octanol–water partition coefficient (Wildman–Crippen LogP) is 4.47. The van der Waals surface area contributed by atoms with Crippen LogP contribution in [-0.2, 0) is 0 Å². The minimum absolute atomic E-state index is 0.174. The van der Waals surface area contributed by atoms with Crippen LogP contribution in [0.2, 0.25) is 0 Å². The third-order valence-corrected chi connectivity index (χ3v) is 6.05. The molecule has 100 valence electrons. The van der Waals surface area contributed by atoms with E-state index in [2.05, 4.69) is 22.9 Å². The van der Waals surface area contributed by atoms with Gasteiger partial charge in [0.2, 0.25) is 0 Å². The molecule has 0 N–H and O–H groups in total. The van der Waals surface area contributed by atoms with Crippen molar-refractivity contribution >= 4 is 33.2 Å². The lowest BCUT2D eigenvalue weighted by atomic mass is 9.87. The second-order valence-corrected chi connectivity index (χ2v) is 7.77. The Balaban J connectivity index is 2.04. The van der Waals surface area contributed by atoms with Gasteiger partial charge in [0.1, 0.15) is 0 Å². The molecule has 4 heteroatoms. The molecule has 1 aliphatic rings. The highest BCUT2D eigenvalue weighted by Gasteiger charge is 2.26. The van der Waals surface area contributed by atoms with Gasteiger partial charge in [-0.05, 0) is 66.1 Å². The fourth-order valence-corrected chi connectivity index (χ4v) is 4.05. The number of amides is 1. The number of hydrogen-bond acceptors (Lipinski definition) is 2. The molecule has 2 nitrogen and oxygen atoms in total. The second kappa shape index (κ2) is 5.74. The summed E-state index contributed by atoms with van der Waals surface area (Å²) in [6, 6.07) is 2.41. The molecule has 0 saturated heterocycles. The summed E-state index contributed by atoms with van der Waals surface area (Å²) >= 11 is 5.03. The lowest BCUT2D eigenvalue weighted by Crippen LogP contribution is -2.38. The Kier molecular flexibility index (Phi) is 4.49. The SMILES string of the molecule is Cc1cc(C(=O)N(C)C2CCC(C)CC2)sc1Br. The Morgan fingerprint density at radius 2 is 2.00 bits per heavy atom. The van der Waals surface area contributed by atoms with E-state index in [9.17, 15) is 4.79 Å². The number of hydrogen-bond donors (Lipinski definition) is 0. The predicted molar refractivity (Wildman–Crippen MR) is 80.3 cm³/mol. The third kappa shape index (κ3) is 2.97. The van der Waals surface area contributed by atoms with Gasteiger partial charge in [0.15, 0.2) is 0 Å². The largest absolute Gasteiger partial charge is 0.338 e. The Morgan fingerprint density at radius 1 is 1.39 bits per heavy atom. The van der Waals surface area contributed by atoms with E-state index < -0.39 is 0 Å². The summed E-state index contributed by atoms with van der Waals surface area (Å²) in [5.74, 6) is 0.997. The highest BCUT2D eigenvalue weighted by atomic mass is 79.9. The summed E-state index contributed by atoms with van der Waals surface area (Å²) in [5, 5.41) is 0. The zero-order valence-corrected chi connectivity index (χ0v) is 13.6. The van der Waals surface area contributed by atoms with E-state index in [1.54, 1.807) is 11.3 Å². The molecule has 0 atom stereocenters. The monoisotopic (exact) mass is 329 g/mol. The van der Waals surface area contributed by atoms with Gasteiger partial charge < -0.3 is 4.90 Å². The molecule has 0 unspecified atom stereocenters. The van der Waals surface area contributed by atoms with Crippen LogP contribution in [0, 0.1) is 12.8 Å². The van der Waals surface area contributed by atoms with Crippen LogP contribution in [0.3, 0.4) is 0 Å². The van der Waals surface area contributed by atoms with Gasteiger partial charge in [-0.3, -0.25) is 4.79 Å². The Labute approximate surface area is 122 Å². The van der Waals surface area contributed by atoms with Crippen molar-refractivity contribution in [3.8, 4) is 0 Å². The molecular weight excluding hydrogens is 310 g/mol. The van der Waals surface area contributed by atoms with Gasteiger partial charge >= 0.3 is 0 Å². The van der Waals surface area contributed by atoms with Crippen molar-refractivity contribution < 1.29 is 4.79 Å². The minimum atomic E-state index is 0.174. The van der Waals surface area contributed by atoms with E-state index in [-0.39, 0.29) is 5.91 Å². The van der Waals surface area contributed by atoms with Crippen molar-refractivity contribution in [2.45, 2.75) is 45.6 Å². The molecule has 1 fully saturated rings. The average Bonchev–Trinajstić information content (AvgIpc) is 2.69. The molecule has 1 heterocycles. The summed E-state index contributed by atoms with van der Waals surface area (Å²) in [6.07, 6.45) is 4.79. The van der Waals surface area contributed by atoms with E-state index >= 15 is 0 Å². The summed E-state index contributed by atoms with van der Waals surface area (Å²) in [4.78, 5) is 15.2. The first-order valence-electron chi connectivity index (χ1n) is 6.52. The highest BCUT2D eigenvalue weighted by Crippen LogP contribution is 2.31. The summed E-state index contributed by atoms with van der Waals surface area (Å²) < 4.78 is 1.07. The first-order chi connectivity index (χ1) is 8.49. The van der Waals surface area contributed by atoms with Crippen molar-refractivity contribution in [2.24, 2.45) is 5.92 Å². The average molecular weight is 330 g/mol. The van der Waals surface area contributed by atoms with Gasteiger partial charge in [-0.2, -0.15) is 0 Å². The van der Waals surface area contributed by atoms with Crippen molar-refractivity contribution in [3.05, 3.63) is 20.3 Å². The smallest absolute Gasteiger partial charge is 0.263 e. The molecule has 0 radical (unpaired) electrons. The maximum Gasteiger partial charge on any atom is 0.263 e. The van der Waals surface area contributed by atoms with Gasteiger partial charge in [-0.1, -0.05) is 6.92 Å². The zero-order chi connectivity index (χ0) is 13.3. The molecule has 2 rings (SSSR count).